The fraction of sp³-hybridized carbons (Fsp3) is 0.273. The largest absolute Gasteiger partial charge is 0.416 e. The molecule has 0 spiro atoms. The van der Waals surface area contributed by atoms with Crippen LogP contribution < -0.4 is 4.90 Å². The van der Waals surface area contributed by atoms with E-state index in [0.29, 0.717) is 18.7 Å². The number of halogens is 3. The van der Waals surface area contributed by atoms with Crippen LogP contribution in [0.1, 0.15) is 12.0 Å². The van der Waals surface area contributed by atoms with Gasteiger partial charge in [0.1, 0.15) is 0 Å². The summed E-state index contributed by atoms with van der Waals surface area (Å²) >= 11 is 0. The van der Waals surface area contributed by atoms with Gasteiger partial charge >= 0.3 is 6.18 Å². The lowest BCUT2D eigenvalue weighted by Gasteiger charge is -2.17. The van der Waals surface area contributed by atoms with E-state index in [0.717, 1.165) is 12.1 Å². The SMILES string of the molecule is O=C1[CH]CCN1c1cccc(C(F)(F)F)c1. The minimum atomic E-state index is -4.37. The molecule has 1 heterocycles. The molecule has 0 N–H and O–H groups in total. The van der Waals surface area contributed by atoms with E-state index in [4.69, 9.17) is 0 Å². The maximum absolute atomic E-state index is 12.4. The Morgan fingerprint density at radius 3 is 2.56 bits per heavy atom. The standard InChI is InChI=1S/C11H9F3NO/c12-11(13,14)8-3-1-4-9(7-8)15-6-2-5-10(15)16/h1,3-5,7H,2,6H2. The van der Waals surface area contributed by atoms with E-state index in [1.807, 2.05) is 0 Å². The van der Waals surface area contributed by atoms with Gasteiger partial charge in [-0.05, 0) is 24.6 Å². The van der Waals surface area contributed by atoms with Crippen LogP contribution >= 0.6 is 0 Å². The highest BCUT2D eigenvalue weighted by Crippen LogP contribution is 2.32. The number of carbonyl (C=O) groups excluding carboxylic acids is 1. The number of alkyl halides is 3. The van der Waals surface area contributed by atoms with Gasteiger partial charge in [-0.1, -0.05) is 6.07 Å². The molecule has 1 amide bonds. The van der Waals surface area contributed by atoms with Crippen LogP contribution in [0.5, 0.6) is 0 Å². The average Bonchev–Trinajstić information content (AvgIpc) is 2.63. The molecule has 0 unspecified atom stereocenters. The van der Waals surface area contributed by atoms with Crippen molar-refractivity contribution in [1.29, 1.82) is 0 Å². The van der Waals surface area contributed by atoms with E-state index in [1.165, 1.54) is 23.5 Å². The van der Waals surface area contributed by atoms with E-state index in [2.05, 4.69) is 0 Å². The lowest BCUT2D eigenvalue weighted by Crippen LogP contribution is -2.24. The van der Waals surface area contributed by atoms with Gasteiger partial charge in [0, 0.05) is 12.2 Å². The number of anilines is 1. The predicted molar refractivity (Wildman–Crippen MR) is 52.7 cm³/mol. The number of rotatable bonds is 1. The van der Waals surface area contributed by atoms with Crippen LogP contribution in [-0.4, -0.2) is 12.5 Å². The molecule has 2 rings (SSSR count). The van der Waals surface area contributed by atoms with Gasteiger partial charge in [-0.3, -0.25) is 4.79 Å². The van der Waals surface area contributed by atoms with Crippen LogP contribution in [0.3, 0.4) is 0 Å². The molecule has 1 aliphatic rings. The van der Waals surface area contributed by atoms with Gasteiger partial charge in [0.05, 0.1) is 12.0 Å². The molecule has 16 heavy (non-hydrogen) atoms. The predicted octanol–water partition coefficient (Wildman–Crippen LogP) is 2.65. The lowest BCUT2D eigenvalue weighted by molar-refractivity contribution is -0.137. The van der Waals surface area contributed by atoms with Crippen molar-refractivity contribution in [2.45, 2.75) is 12.6 Å². The van der Waals surface area contributed by atoms with Gasteiger partial charge in [0.2, 0.25) is 5.91 Å². The van der Waals surface area contributed by atoms with Gasteiger partial charge in [0.15, 0.2) is 0 Å². The van der Waals surface area contributed by atoms with Gasteiger partial charge in [0.25, 0.3) is 0 Å². The normalized spacial score (nSPS) is 16.9. The fourth-order valence-electron chi connectivity index (χ4n) is 1.64. The Morgan fingerprint density at radius 1 is 1.25 bits per heavy atom. The third-order valence-electron chi connectivity index (χ3n) is 2.42. The maximum atomic E-state index is 12.4. The van der Waals surface area contributed by atoms with Crippen molar-refractivity contribution in [3.05, 3.63) is 36.2 Å². The molecule has 0 bridgehead atoms. The molecule has 5 heteroatoms. The first-order valence-corrected chi connectivity index (χ1v) is 4.80. The highest BCUT2D eigenvalue weighted by Gasteiger charge is 2.31. The second-order valence-electron chi connectivity index (χ2n) is 3.53. The van der Waals surface area contributed by atoms with Crippen molar-refractivity contribution in [3.8, 4) is 0 Å². The summed E-state index contributed by atoms with van der Waals surface area (Å²) in [5.41, 5.74) is -0.432. The monoisotopic (exact) mass is 228 g/mol. The minimum Gasteiger partial charge on any atom is -0.312 e. The summed E-state index contributed by atoms with van der Waals surface area (Å²) in [7, 11) is 0. The van der Waals surface area contributed by atoms with Crippen molar-refractivity contribution in [2.24, 2.45) is 0 Å². The number of hydrogen-bond donors (Lipinski definition) is 0. The fourth-order valence-corrected chi connectivity index (χ4v) is 1.64. The van der Waals surface area contributed by atoms with Crippen LogP contribution in [0.25, 0.3) is 0 Å². The first-order chi connectivity index (χ1) is 7.48. The molecule has 1 radical (unpaired) electrons. The Balaban J connectivity index is 2.32. The molecule has 1 aromatic carbocycles. The summed E-state index contributed by atoms with van der Waals surface area (Å²) in [6.45, 7) is 0.445. The van der Waals surface area contributed by atoms with E-state index in [1.54, 1.807) is 0 Å². The Kier molecular flexibility index (Phi) is 2.61. The third kappa shape index (κ3) is 2.03. The van der Waals surface area contributed by atoms with Crippen LogP contribution in [0.15, 0.2) is 24.3 Å². The second-order valence-corrected chi connectivity index (χ2v) is 3.53. The van der Waals surface area contributed by atoms with Crippen LogP contribution in [0, 0.1) is 6.42 Å². The first kappa shape index (κ1) is 11.0. The van der Waals surface area contributed by atoms with Crippen molar-refractivity contribution >= 4 is 11.6 Å². The van der Waals surface area contributed by atoms with Crippen LogP contribution in [0.4, 0.5) is 18.9 Å². The van der Waals surface area contributed by atoms with E-state index >= 15 is 0 Å². The van der Waals surface area contributed by atoms with E-state index < -0.39 is 11.7 Å². The van der Waals surface area contributed by atoms with Crippen molar-refractivity contribution < 1.29 is 18.0 Å². The maximum Gasteiger partial charge on any atom is 0.416 e. The number of carbonyl (C=O) groups is 1. The first-order valence-electron chi connectivity index (χ1n) is 4.80. The highest BCUT2D eigenvalue weighted by atomic mass is 19.4. The topological polar surface area (TPSA) is 20.3 Å². The van der Waals surface area contributed by atoms with Gasteiger partial charge in [-0.15, -0.1) is 0 Å². The molecule has 1 saturated heterocycles. The number of amides is 1. The van der Waals surface area contributed by atoms with Crippen LogP contribution in [-0.2, 0) is 11.0 Å². The Labute approximate surface area is 90.7 Å². The Morgan fingerprint density at radius 2 is 2.00 bits per heavy atom. The molecule has 1 aromatic rings. The summed E-state index contributed by atoms with van der Waals surface area (Å²) in [5, 5.41) is 0. The summed E-state index contributed by atoms with van der Waals surface area (Å²) < 4.78 is 37.3. The zero-order valence-corrected chi connectivity index (χ0v) is 8.29. The molecular formula is C11H9F3NO. The molecule has 0 aromatic heterocycles. The van der Waals surface area contributed by atoms with E-state index in [-0.39, 0.29) is 5.91 Å². The molecule has 85 valence electrons. The Hall–Kier alpha value is -1.52. The van der Waals surface area contributed by atoms with Crippen molar-refractivity contribution in [2.75, 3.05) is 11.4 Å². The van der Waals surface area contributed by atoms with Crippen molar-refractivity contribution in [3.63, 3.8) is 0 Å². The van der Waals surface area contributed by atoms with Crippen molar-refractivity contribution in [1.82, 2.24) is 0 Å². The molecule has 0 atom stereocenters. The molecule has 1 fully saturated rings. The number of hydrogen-bond acceptors (Lipinski definition) is 1. The number of nitrogens with zero attached hydrogens (tertiary/aromatic N) is 1. The molecule has 1 aliphatic heterocycles. The van der Waals surface area contributed by atoms with E-state index in [9.17, 15) is 18.0 Å². The summed E-state index contributed by atoms with van der Waals surface area (Å²) in [4.78, 5) is 12.7. The second kappa shape index (κ2) is 3.81. The summed E-state index contributed by atoms with van der Waals surface area (Å²) in [6, 6.07) is 4.81. The molecular weight excluding hydrogens is 219 g/mol. The quantitative estimate of drug-likeness (QED) is 0.723. The molecule has 0 saturated carbocycles. The smallest absolute Gasteiger partial charge is 0.312 e. The highest BCUT2D eigenvalue weighted by molar-refractivity contribution is 6.01. The zero-order valence-electron chi connectivity index (χ0n) is 8.29. The van der Waals surface area contributed by atoms with Gasteiger partial charge < -0.3 is 4.90 Å². The zero-order chi connectivity index (χ0) is 11.8. The summed E-state index contributed by atoms with van der Waals surface area (Å²) in [6.07, 6.45) is -2.32. The van der Waals surface area contributed by atoms with Crippen LogP contribution in [0.2, 0.25) is 0 Å². The lowest BCUT2D eigenvalue weighted by atomic mass is 10.2. The molecule has 2 nitrogen and oxygen atoms in total. The van der Waals surface area contributed by atoms with Gasteiger partial charge in [-0.25, -0.2) is 0 Å². The average molecular weight is 228 g/mol. The third-order valence-corrected chi connectivity index (χ3v) is 2.42. The minimum absolute atomic E-state index is 0.237. The Bertz CT molecular complexity index is 414. The number of benzene rings is 1. The molecule has 0 aliphatic carbocycles. The summed E-state index contributed by atoms with van der Waals surface area (Å²) in [5.74, 6) is -0.237. The van der Waals surface area contributed by atoms with Gasteiger partial charge in [-0.2, -0.15) is 13.2 Å².